The number of piperidine rings is 1. The summed E-state index contributed by atoms with van der Waals surface area (Å²) in [5, 5.41) is 0. The summed E-state index contributed by atoms with van der Waals surface area (Å²) in [6.45, 7) is 4.46. The van der Waals surface area contributed by atoms with Crippen molar-refractivity contribution in [2.24, 2.45) is 13.0 Å². The van der Waals surface area contributed by atoms with Gasteiger partial charge in [-0.1, -0.05) is 0 Å². The first-order chi connectivity index (χ1) is 9.63. The van der Waals surface area contributed by atoms with Crippen molar-refractivity contribution in [2.75, 3.05) is 26.8 Å². The third kappa shape index (κ3) is 3.39. The molecular formula is C15H25N3O2. The highest BCUT2D eigenvalue weighted by atomic mass is 16.5. The van der Waals surface area contributed by atoms with E-state index in [2.05, 4.69) is 4.98 Å². The highest BCUT2D eigenvalue weighted by molar-refractivity contribution is 5.93. The van der Waals surface area contributed by atoms with Crippen molar-refractivity contribution in [1.82, 2.24) is 14.5 Å². The molecule has 0 saturated carbocycles. The standard InChI is InChI=1S/C15H25N3O2/c1-12-14(17(2)11-16-12)15(19)18-8-6-13(7-9-18)5-4-10-20-3/h11,13H,4-10H2,1-3H3. The molecule has 1 saturated heterocycles. The number of likely N-dealkylation sites (tertiary alicyclic amines) is 1. The largest absolute Gasteiger partial charge is 0.385 e. The van der Waals surface area contributed by atoms with Gasteiger partial charge in [-0.2, -0.15) is 0 Å². The Morgan fingerprint density at radius 2 is 2.15 bits per heavy atom. The second-order valence-corrected chi connectivity index (χ2v) is 5.66. The Hall–Kier alpha value is -1.36. The molecule has 0 aromatic carbocycles. The van der Waals surface area contributed by atoms with Gasteiger partial charge in [0.2, 0.25) is 0 Å². The predicted octanol–water partition coefficient (Wildman–Crippen LogP) is 2.01. The molecule has 1 aliphatic heterocycles. The molecule has 1 aromatic heterocycles. The molecule has 2 heterocycles. The van der Waals surface area contributed by atoms with Crippen LogP contribution < -0.4 is 0 Å². The van der Waals surface area contributed by atoms with Gasteiger partial charge in [-0.15, -0.1) is 0 Å². The van der Waals surface area contributed by atoms with Crippen LogP contribution in [0.25, 0.3) is 0 Å². The molecule has 20 heavy (non-hydrogen) atoms. The molecule has 1 aromatic rings. The van der Waals surface area contributed by atoms with E-state index in [1.165, 1.54) is 6.42 Å². The number of hydrogen-bond acceptors (Lipinski definition) is 3. The fourth-order valence-corrected chi connectivity index (χ4v) is 2.94. The monoisotopic (exact) mass is 279 g/mol. The quantitative estimate of drug-likeness (QED) is 0.775. The van der Waals surface area contributed by atoms with Gasteiger partial charge < -0.3 is 14.2 Å². The molecule has 1 aliphatic rings. The molecule has 0 spiro atoms. The van der Waals surface area contributed by atoms with E-state index in [9.17, 15) is 4.79 Å². The zero-order chi connectivity index (χ0) is 14.5. The van der Waals surface area contributed by atoms with E-state index < -0.39 is 0 Å². The van der Waals surface area contributed by atoms with E-state index in [1.807, 2.05) is 23.4 Å². The van der Waals surface area contributed by atoms with E-state index in [0.717, 1.165) is 56.3 Å². The lowest BCUT2D eigenvalue weighted by Gasteiger charge is -2.32. The average molecular weight is 279 g/mol. The van der Waals surface area contributed by atoms with Crippen molar-refractivity contribution in [3.63, 3.8) is 0 Å². The van der Waals surface area contributed by atoms with Gasteiger partial charge in [0, 0.05) is 33.9 Å². The maximum atomic E-state index is 12.5. The molecule has 0 aliphatic carbocycles. The van der Waals surface area contributed by atoms with Crippen molar-refractivity contribution >= 4 is 5.91 Å². The Bertz CT molecular complexity index is 428. The molecular weight excluding hydrogens is 254 g/mol. The molecule has 0 N–H and O–H groups in total. The summed E-state index contributed by atoms with van der Waals surface area (Å²) in [6.07, 6.45) is 6.25. The van der Waals surface area contributed by atoms with Crippen molar-refractivity contribution in [1.29, 1.82) is 0 Å². The van der Waals surface area contributed by atoms with E-state index in [4.69, 9.17) is 4.74 Å². The fraction of sp³-hybridized carbons (Fsp3) is 0.733. The summed E-state index contributed by atoms with van der Waals surface area (Å²) >= 11 is 0. The van der Waals surface area contributed by atoms with Gasteiger partial charge in [-0.05, 0) is 38.5 Å². The maximum absolute atomic E-state index is 12.5. The highest BCUT2D eigenvalue weighted by Crippen LogP contribution is 2.23. The molecule has 1 amide bonds. The van der Waals surface area contributed by atoms with Gasteiger partial charge in [0.05, 0.1) is 12.0 Å². The van der Waals surface area contributed by atoms with Crippen LogP contribution in [0.4, 0.5) is 0 Å². The summed E-state index contributed by atoms with van der Waals surface area (Å²) in [6, 6.07) is 0. The third-order valence-electron chi connectivity index (χ3n) is 4.19. The van der Waals surface area contributed by atoms with Gasteiger partial charge in [-0.3, -0.25) is 4.79 Å². The minimum atomic E-state index is 0.123. The third-order valence-corrected chi connectivity index (χ3v) is 4.19. The number of carbonyl (C=O) groups excluding carboxylic acids is 1. The predicted molar refractivity (Wildman–Crippen MR) is 77.7 cm³/mol. The summed E-state index contributed by atoms with van der Waals surface area (Å²) in [5.41, 5.74) is 1.54. The number of rotatable bonds is 5. The van der Waals surface area contributed by atoms with Crippen LogP contribution >= 0.6 is 0 Å². The number of aryl methyl sites for hydroxylation is 2. The first kappa shape index (κ1) is 15.0. The second kappa shape index (κ2) is 6.88. The zero-order valence-corrected chi connectivity index (χ0v) is 12.8. The molecule has 0 radical (unpaired) electrons. The summed E-state index contributed by atoms with van der Waals surface area (Å²) in [5.74, 6) is 0.861. The van der Waals surface area contributed by atoms with Crippen LogP contribution in [0.15, 0.2) is 6.33 Å². The van der Waals surface area contributed by atoms with Crippen LogP contribution in [0.2, 0.25) is 0 Å². The number of ether oxygens (including phenoxy) is 1. The second-order valence-electron chi connectivity index (χ2n) is 5.66. The summed E-state index contributed by atoms with van der Waals surface area (Å²) < 4.78 is 6.92. The number of amides is 1. The lowest BCUT2D eigenvalue weighted by Crippen LogP contribution is -2.39. The smallest absolute Gasteiger partial charge is 0.272 e. The van der Waals surface area contributed by atoms with Crippen LogP contribution in [0.3, 0.4) is 0 Å². The maximum Gasteiger partial charge on any atom is 0.272 e. The number of methoxy groups -OCH3 is 1. The number of hydrogen-bond donors (Lipinski definition) is 0. The SMILES string of the molecule is COCCCC1CCN(C(=O)c2c(C)ncn2C)CC1. The minimum absolute atomic E-state index is 0.123. The van der Waals surface area contributed by atoms with E-state index in [0.29, 0.717) is 0 Å². The van der Waals surface area contributed by atoms with Crippen LogP contribution in [-0.2, 0) is 11.8 Å². The van der Waals surface area contributed by atoms with Gasteiger partial charge in [0.25, 0.3) is 5.91 Å². The topological polar surface area (TPSA) is 47.4 Å². The van der Waals surface area contributed by atoms with E-state index >= 15 is 0 Å². The minimum Gasteiger partial charge on any atom is -0.385 e. The summed E-state index contributed by atoms with van der Waals surface area (Å²) in [4.78, 5) is 18.7. The van der Waals surface area contributed by atoms with E-state index in [-0.39, 0.29) is 5.91 Å². The number of imidazole rings is 1. The molecule has 5 heteroatoms. The normalized spacial score (nSPS) is 16.6. The highest BCUT2D eigenvalue weighted by Gasteiger charge is 2.26. The number of nitrogens with zero attached hydrogens (tertiary/aromatic N) is 3. The molecule has 5 nitrogen and oxygen atoms in total. The van der Waals surface area contributed by atoms with Crippen molar-refractivity contribution in [2.45, 2.75) is 32.6 Å². The molecule has 0 bridgehead atoms. The molecule has 0 atom stereocenters. The fourth-order valence-electron chi connectivity index (χ4n) is 2.94. The lowest BCUT2D eigenvalue weighted by molar-refractivity contribution is 0.0670. The molecule has 1 fully saturated rings. The molecule has 2 rings (SSSR count). The van der Waals surface area contributed by atoms with Crippen LogP contribution in [0, 0.1) is 12.8 Å². The number of aromatic nitrogens is 2. The van der Waals surface area contributed by atoms with Gasteiger partial charge in [0.1, 0.15) is 5.69 Å². The van der Waals surface area contributed by atoms with Crippen molar-refractivity contribution in [3.05, 3.63) is 17.7 Å². The van der Waals surface area contributed by atoms with Crippen molar-refractivity contribution < 1.29 is 9.53 Å². The molecule has 112 valence electrons. The Kier molecular flexibility index (Phi) is 5.17. The van der Waals surface area contributed by atoms with Crippen LogP contribution in [0.1, 0.15) is 41.9 Å². The average Bonchev–Trinajstić information content (AvgIpc) is 2.78. The Labute approximate surface area is 120 Å². The first-order valence-corrected chi connectivity index (χ1v) is 7.39. The van der Waals surface area contributed by atoms with Gasteiger partial charge in [0.15, 0.2) is 0 Å². The lowest BCUT2D eigenvalue weighted by atomic mass is 9.92. The van der Waals surface area contributed by atoms with E-state index in [1.54, 1.807) is 13.4 Å². The van der Waals surface area contributed by atoms with Gasteiger partial charge >= 0.3 is 0 Å². The molecule has 0 unspecified atom stereocenters. The first-order valence-electron chi connectivity index (χ1n) is 7.39. The zero-order valence-electron chi connectivity index (χ0n) is 12.8. The Morgan fingerprint density at radius 1 is 1.45 bits per heavy atom. The Balaban J connectivity index is 1.86. The van der Waals surface area contributed by atoms with Crippen molar-refractivity contribution in [3.8, 4) is 0 Å². The van der Waals surface area contributed by atoms with Gasteiger partial charge in [-0.25, -0.2) is 4.98 Å². The van der Waals surface area contributed by atoms with Crippen LogP contribution in [-0.4, -0.2) is 47.2 Å². The Morgan fingerprint density at radius 3 is 2.70 bits per heavy atom. The summed E-state index contributed by atoms with van der Waals surface area (Å²) in [7, 11) is 3.63. The van der Waals surface area contributed by atoms with Crippen LogP contribution in [0.5, 0.6) is 0 Å². The number of carbonyl (C=O) groups is 1.